The molecule has 0 aliphatic carbocycles. The number of rotatable bonds is 8. The number of hydrogen-bond donors (Lipinski definition) is 5. The lowest BCUT2D eigenvalue weighted by molar-refractivity contribution is 0.292. The maximum absolute atomic E-state index is 12.1. The third-order valence-electron chi connectivity index (χ3n) is 3.83. The van der Waals surface area contributed by atoms with E-state index in [0.29, 0.717) is 35.8 Å². The number of hydrogen-bond acceptors (Lipinski definition) is 7. The Morgan fingerprint density at radius 1 is 1.19 bits per heavy atom. The first-order valence-corrected chi connectivity index (χ1v) is 9.51. The van der Waals surface area contributed by atoms with Gasteiger partial charge < -0.3 is 20.7 Å². The Balaban J connectivity index is 2.01. The van der Waals surface area contributed by atoms with Gasteiger partial charge in [-0.2, -0.15) is 0 Å². The fraction of sp³-hybridized carbons (Fsp3) is 0.250. The van der Waals surface area contributed by atoms with Crippen molar-refractivity contribution in [2.75, 3.05) is 30.8 Å². The van der Waals surface area contributed by atoms with E-state index in [9.17, 15) is 8.42 Å². The average Bonchev–Trinajstić information content (AvgIpc) is 3.13. The Kier molecular flexibility index (Phi) is 5.35. The first kappa shape index (κ1) is 18.1. The Morgan fingerprint density at radius 3 is 2.81 bits per heavy atom. The zero-order valence-corrected chi connectivity index (χ0v) is 15.0. The summed E-state index contributed by atoms with van der Waals surface area (Å²) in [7, 11) is -2.22. The van der Waals surface area contributed by atoms with Crippen LogP contribution in [0.3, 0.4) is 0 Å². The topological polar surface area (TPSA) is 132 Å². The normalized spacial score (nSPS) is 11.6. The molecule has 3 aromatic rings. The summed E-state index contributed by atoms with van der Waals surface area (Å²) in [5, 5.41) is 16.1. The van der Waals surface area contributed by atoms with Crippen molar-refractivity contribution < 1.29 is 13.5 Å². The molecule has 0 bridgehead atoms. The number of H-pyrrole nitrogens is 1. The fourth-order valence-electron chi connectivity index (χ4n) is 2.47. The SMILES string of the molecule is CNS(=O)(=O)c1ccc(NCCCO)c(Nc2ncnc3[nH]ccc23)c1. The van der Waals surface area contributed by atoms with E-state index < -0.39 is 10.0 Å². The van der Waals surface area contributed by atoms with Crippen LogP contribution >= 0.6 is 0 Å². The van der Waals surface area contributed by atoms with Gasteiger partial charge in [0.05, 0.1) is 21.7 Å². The molecule has 0 aliphatic heterocycles. The number of benzene rings is 1. The minimum Gasteiger partial charge on any atom is -0.396 e. The van der Waals surface area contributed by atoms with Crippen LogP contribution < -0.4 is 15.4 Å². The summed E-state index contributed by atoms with van der Waals surface area (Å²) in [6.45, 7) is 0.616. The van der Waals surface area contributed by atoms with E-state index >= 15 is 0 Å². The molecule has 0 saturated carbocycles. The van der Waals surface area contributed by atoms with Crippen LogP contribution in [0.1, 0.15) is 6.42 Å². The summed E-state index contributed by atoms with van der Waals surface area (Å²) < 4.78 is 26.6. The van der Waals surface area contributed by atoms with E-state index in [1.807, 2.05) is 6.07 Å². The Morgan fingerprint density at radius 2 is 2.04 bits per heavy atom. The maximum atomic E-state index is 12.1. The van der Waals surface area contributed by atoms with Gasteiger partial charge in [-0.3, -0.25) is 0 Å². The third-order valence-corrected chi connectivity index (χ3v) is 5.24. The lowest BCUT2D eigenvalue weighted by Gasteiger charge is -2.15. The van der Waals surface area contributed by atoms with Crippen LogP contribution in [0.5, 0.6) is 0 Å². The lowest BCUT2D eigenvalue weighted by Crippen LogP contribution is -2.19. The molecule has 0 saturated heterocycles. The molecule has 9 nitrogen and oxygen atoms in total. The molecule has 26 heavy (non-hydrogen) atoms. The molecule has 2 aromatic heterocycles. The molecule has 0 amide bonds. The van der Waals surface area contributed by atoms with E-state index in [1.165, 1.54) is 25.5 Å². The Bertz CT molecular complexity index is 1000. The summed E-state index contributed by atoms with van der Waals surface area (Å²) in [5.74, 6) is 0.556. The first-order chi connectivity index (χ1) is 12.5. The Labute approximate surface area is 150 Å². The zero-order chi connectivity index (χ0) is 18.6. The van der Waals surface area contributed by atoms with Gasteiger partial charge in [-0.05, 0) is 37.7 Å². The van der Waals surface area contributed by atoms with Crippen LogP contribution in [0, 0.1) is 0 Å². The number of aromatic nitrogens is 3. The van der Waals surface area contributed by atoms with Crippen LogP contribution in [0.15, 0.2) is 41.7 Å². The number of aliphatic hydroxyl groups excluding tert-OH is 1. The van der Waals surface area contributed by atoms with E-state index in [0.717, 1.165) is 5.39 Å². The zero-order valence-electron chi connectivity index (χ0n) is 14.2. The summed E-state index contributed by atoms with van der Waals surface area (Å²) >= 11 is 0. The number of anilines is 3. The molecule has 0 radical (unpaired) electrons. The van der Waals surface area contributed by atoms with Gasteiger partial charge in [-0.15, -0.1) is 0 Å². The molecule has 0 atom stereocenters. The number of fused-ring (bicyclic) bond motifs is 1. The molecule has 3 rings (SSSR count). The van der Waals surface area contributed by atoms with Crippen LogP contribution in [0.25, 0.3) is 11.0 Å². The van der Waals surface area contributed by atoms with Crippen LogP contribution in [-0.4, -0.2) is 48.7 Å². The highest BCUT2D eigenvalue weighted by Gasteiger charge is 2.15. The molecule has 0 aliphatic rings. The predicted octanol–water partition coefficient (Wildman–Crippen LogP) is 1.40. The molecule has 5 N–H and O–H groups in total. The highest BCUT2D eigenvalue weighted by Crippen LogP contribution is 2.30. The second kappa shape index (κ2) is 7.68. The molecule has 0 spiro atoms. The number of nitrogens with one attached hydrogen (secondary N) is 4. The summed E-state index contributed by atoms with van der Waals surface area (Å²) in [6.07, 6.45) is 3.76. The van der Waals surface area contributed by atoms with Crippen molar-refractivity contribution in [3.63, 3.8) is 0 Å². The van der Waals surface area contributed by atoms with E-state index in [2.05, 4.69) is 30.3 Å². The molecule has 138 valence electrons. The average molecular weight is 376 g/mol. The smallest absolute Gasteiger partial charge is 0.240 e. The summed E-state index contributed by atoms with van der Waals surface area (Å²) in [5.41, 5.74) is 1.94. The number of aliphatic hydroxyl groups is 1. The molecule has 1 aromatic carbocycles. The molecule has 2 heterocycles. The minimum atomic E-state index is -3.58. The number of aromatic amines is 1. The second-order valence-corrected chi connectivity index (χ2v) is 7.39. The van der Waals surface area contributed by atoms with Crippen molar-refractivity contribution in [1.29, 1.82) is 0 Å². The summed E-state index contributed by atoms with van der Waals surface area (Å²) in [6, 6.07) is 6.57. The van der Waals surface area contributed by atoms with Crippen molar-refractivity contribution in [1.82, 2.24) is 19.7 Å². The monoisotopic (exact) mass is 376 g/mol. The quantitative estimate of drug-likeness (QED) is 0.375. The highest BCUT2D eigenvalue weighted by molar-refractivity contribution is 7.89. The van der Waals surface area contributed by atoms with Gasteiger partial charge >= 0.3 is 0 Å². The molecule has 0 fully saturated rings. The van der Waals surface area contributed by atoms with E-state index in [1.54, 1.807) is 12.3 Å². The van der Waals surface area contributed by atoms with Gasteiger partial charge in [-0.1, -0.05) is 0 Å². The fourth-order valence-corrected chi connectivity index (χ4v) is 3.22. The van der Waals surface area contributed by atoms with Crippen molar-refractivity contribution in [3.05, 3.63) is 36.8 Å². The largest absolute Gasteiger partial charge is 0.396 e. The van der Waals surface area contributed by atoms with Crippen molar-refractivity contribution in [2.45, 2.75) is 11.3 Å². The van der Waals surface area contributed by atoms with Gasteiger partial charge in [0, 0.05) is 19.3 Å². The highest BCUT2D eigenvalue weighted by atomic mass is 32.2. The predicted molar refractivity (Wildman–Crippen MR) is 100 cm³/mol. The number of nitrogens with zero attached hydrogens (tertiary/aromatic N) is 2. The van der Waals surface area contributed by atoms with Crippen molar-refractivity contribution in [2.24, 2.45) is 0 Å². The van der Waals surface area contributed by atoms with Crippen molar-refractivity contribution >= 4 is 38.2 Å². The summed E-state index contributed by atoms with van der Waals surface area (Å²) in [4.78, 5) is 11.5. The van der Waals surface area contributed by atoms with Gasteiger partial charge in [-0.25, -0.2) is 23.1 Å². The van der Waals surface area contributed by atoms with Crippen molar-refractivity contribution in [3.8, 4) is 0 Å². The molecular formula is C16H20N6O3S. The maximum Gasteiger partial charge on any atom is 0.240 e. The van der Waals surface area contributed by atoms with Gasteiger partial charge in [0.2, 0.25) is 10.0 Å². The van der Waals surface area contributed by atoms with E-state index in [4.69, 9.17) is 5.11 Å². The van der Waals surface area contributed by atoms with Gasteiger partial charge in [0.25, 0.3) is 0 Å². The Hall–Kier alpha value is -2.69. The van der Waals surface area contributed by atoms with Gasteiger partial charge in [0.15, 0.2) is 0 Å². The third kappa shape index (κ3) is 3.77. The lowest BCUT2D eigenvalue weighted by atomic mass is 10.2. The van der Waals surface area contributed by atoms with Crippen LogP contribution in [0.4, 0.5) is 17.2 Å². The molecular weight excluding hydrogens is 356 g/mol. The van der Waals surface area contributed by atoms with E-state index in [-0.39, 0.29) is 11.5 Å². The standard InChI is InChI=1S/C16H20N6O3S/c1-17-26(24,25)11-3-4-13(18-6-2-8-23)14(9-11)22-16-12-5-7-19-15(12)20-10-21-16/h3-5,7,9-10,17-18,23H,2,6,8H2,1H3,(H2,19,20,21,22). The van der Waals surface area contributed by atoms with Crippen LogP contribution in [0.2, 0.25) is 0 Å². The first-order valence-electron chi connectivity index (χ1n) is 8.02. The van der Waals surface area contributed by atoms with Crippen LogP contribution in [-0.2, 0) is 10.0 Å². The molecule has 0 unspecified atom stereocenters. The number of sulfonamides is 1. The second-order valence-electron chi connectivity index (χ2n) is 5.51. The minimum absolute atomic E-state index is 0.0673. The molecule has 10 heteroatoms. The van der Waals surface area contributed by atoms with Gasteiger partial charge in [0.1, 0.15) is 17.8 Å².